The third kappa shape index (κ3) is 6.82. The van der Waals surface area contributed by atoms with Crippen molar-refractivity contribution in [1.82, 2.24) is 10.3 Å². The van der Waals surface area contributed by atoms with Gasteiger partial charge in [-0.1, -0.05) is 0 Å². The predicted octanol–water partition coefficient (Wildman–Crippen LogP) is 2.42. The molecule has 6 nitrogen and oxygen atoms in total. The number of nitrogens with one attached hydrogen (secondary N) is 2. The van der Waals surface area contributed by atoms with Gasteiger partial charge in [0.25, 0.3) is 0 Å². The van der Waals surface area contributed by atoms with Crippen molar-refractivity contribution in [2.75, 3.05) is 25.5 Å². The van der Waals surface area contributed by atoms with Gasteiger partial charge in [0, 0.05) is 19.2 Å². The lowest BCUT2D eigenvalue weighted by atomic mass is 10.2. The van der Waals surface area contributed by atoms with Crippen molar-refractivity contribution in [3.8, 4) is 5.88 Å². The first-order valence-corrected chi connectivity index (χ1v) is 6.61. The summed E-state index contributed by atoms with van der Waals surface area (Å²) in [4.78, 5) is 15.5. The average Bonchev–Trinajstić information content (AvgIpc) is 2.37. The molecule has 0 unspecified atom stereocenters. The number of hydrogen-bond donors (Lipinski definition) is 2. The van der Waals surface area contributed by atoms with E-state index in [1.165, 1.54) is 0 Å². The highest BCUT2D eigenvalue weighted by atomic mass is 16.6. The number of pyridine rings is 1. The molecule has 0 atom stereocenters. The molecular weight excluding hydrogens is 258 g/mol. The standard InChI is InChI=1S/C14H23N3O3/c1-14(2,3)20-13(18)16-9-5-8-15-11-6-7-12(19-4)17-10-11/h6-7,10,15H,5,8-9H2,1-4H3,(H,16,18). The van der Waals surface area contributed by atoms with Gasteiger partial charge in [-0.3, -0.25) is 0 Å². The van der Waals surface area contributed by atoms with E-state index in [0.717, 1.165) is 18.7 Å². The highest BCUT2D eigenvalue weighted by molar-refractivity contribution is 5.67. The number of anilines is 1. The molecule has 0 saturated carbocycles. The van der Waals surface area contributed by atoms with Gasteiger partial charge in [0.05, 0.1) is 19.0 Å². The van der Waals surface area contributed by atoms with E-state index in [-0.39, 0.29) is 6.09 Å². The van der Waals surface area contributed by atoms with Gasteiger partial charge in [-0.15, -0.1) is 0 Å². The van der Waals surface area contributed by atoms with Crippen molar-refractivity contribution in [3.63, 3.8) is 0 Å². The van der Waals surface area contributed by atoms with Gasteiger partial charge in [0.1, 0.15) is 5.60 Å². The van der Waals surface area contributed by atoms with E-state index in [9.17, 15) is 4.79 Å². The monoisotopic (exact) mass is 281 g/mol. The van der Waals surface area contributed by atoms with E-state index in [1.54, 1.807) is 19.4 Å². The molecule has 0 spiro atoms. The number of aromatic nitrogens is 1. The van der Waals surface area contributed by atoms with Crippen molar-refractivity contribution in [1.29, 1.82) is 0 Å². The lowest BCUT2D eigenvalue weighted by molar-refractivity contribution is 0.0528. The SMILES string of the molecule is COc1ccc(NCCCNC(=O)OC(C)(C)C)cn1. The van der Waals surface area contributed by atoms with E-state index >= 15 is 0 Å². The lowest BCUT2D eigenvalue weighted by Crippen LogP contribution is -2.33. The lowest BCUT2D eigenvalue weighted by Gasteiger charge is -2.19. The van der Waals surface area contributed by atoms with Crippen molar-refractivity contribution in [2.45, 2.75) is 32.8 Å². The van der Waals surface area contributed by atoms with E-state index in [4.69, 9.17) is 9.47 Å². The van der Waals surface area contributed by atoms with Gasteiger partial charge >= 0.3 is 6.09 Å². The maximum absolute atomic E-state index is 11.4. The largest absolute Gasteiger partial charge is 0.481 e. The zero-order valence-corrected chi connectivity index (χ0v) is 12.5. The molecule has 0 aromatic carbocycles. The molecule has 20 heavy (non-hydrogen) atoms. The Kier molecular flexibility index (Phi) is 6.09. The number of nitrogens with zero attached hydrogens (tertiary/aromatic N) is 1. The number of ether oxygens (including phenoxy) is 2. The first-order valence-electron chi connectivity index (χ1n) is 6.61. The van der Waals surface area contributed by atoms with Crippen molar-refractivity contribution < 1.29 is 14.3 Å². The zero-order valence-electron chi connectivity index (χ0n) is 12.5. The molecule has 1 rings (SSSR count). The number of amides is 1. The Balaban J connectivity index is 2.14. The number of rotatable bonds is 6. The molecule has 1 aromatic rings. The summed E-state index contributed by atoms with van der Waals surface area (Å²) in [6, 6.07) is 3.69. The zero-order chi connectivity index (χ0) is 15.0. The van der Waals surface area contributed by atoms with Crippen LogP contribution in [-0.4, -0.2) is 36.9 Å². The topological polar surface area (TPSA) is 72.5 Å². The molecule has 1 aromatic heterocycles. The molecule has 0 bridgehead atoms. The predicted molar refractivity (Wildman–Crippen MR) is 78.1 cm³/mol. The number of carbonyl (C=O) groups is 1. The van der Waals surface area contributed by atoms with Crippen molar-refractivity contribution in [2.24, 2.45) is 0 Å². The van der Waals surface area contributed by atoms with Crippen molar-refractivity contribution in [3.05, 3.63) is 18.3 Å². The summed E-state index contributed by atoms with van der Waals surface area (Å²) in [5.41, 5.74) is 0.458. The second-order valence-corrected chi connectivity index (χ2v) is 5.30. The van der Waals surface area contributed by atoms with E-state index in [1.807, 2.05) is 26.8 Å². The van der Waals surface area contributed by atoms with Crippen LogP contribution in [0.4, 0.5) is 10.5 Å². The fourth-order valence-corrected chi connectivity index (χ4v) is 1.43. The second-order valence-electron chi connectivity index (χ2n) is 5.30. The molecule has 0 saturated heterocycles. The van der Waals surface area contributed by atoms with Crippen LogP contribution in [0.5, 0.6) is 5.88 Å². The van der Waals surface area contributed by atoms with Gasteiger partial charge in [-0.05, 0) is 33.3 Å². The summed E-state index contributed by atoms with van der Waals surface area (Å²) < 4.78 is 10.1. The van der Waals surface area contributed by atoms with Crippen LogP contribution in [0.25, 0.3) is 0 Å². The van der Waals surface area contributed by atoms with Crippen LogP contribution in [0.15, 0.2) is 18.3 Å². The molecule has 0 aliphatic heterocycles. The summed E-state index contributed by atoms with van der Waals surface area (Å²) in [7, 11) is 1.58. The Bertz CT molecular complexity index is 413. The molecule has 0 fully saturated rings. The molecule has 1 amide bonds. The summed E-state index contributed by atoms with van der Waals surface area (Å²) in [6.45, 7) is 6.82. The van der Waals surface area contributed by atoms with Crippen LogP contribution in [-0.2, 0) is 4.74 Å². The Hall–Kier alpha value is -1.98. The van der Waals surface area contributed by atoms with E-state index in [2.05, 4.69) is 15.6 Å². The minimum Gasteiger partial charge on any atom is -0.481 e. The van der Waals surface area contributed by atoms with Gasteiger partial charge in [0.2, 0.25) is 5.88 Å². The fourth-order valence-electron chi connectivity index (χ4n) is 1.43. The van der Waals surface area contributed by atoms with E-state index < -0.39 is 5.60 Å². The molecule has 0 aliphatic rings. The maximum atomic E-state index is 11.4. The first kappa shape index (κ1) is 16.1. The highest BCUT2D eigenvalue weighted by Crippen LogP contribution is 2.10. The second kappa shape index (κ2) is 7.57. The van der Waals surface area contributed by atoms with Gasteiger partial charge < -0.3 is 20.1 Å². The smallest absolute Gasteiger partial charge is 0.407 e. The molecular formula is C14H23N3O3. The molecule has 0 aliphatic carbocycles. The van der Waals surface area contributed by atoms with Crippen LogP contribution < -0.4 is 15.4 Å². The van der Waals surface area contributed by atoms with Crippen LogP contribution >= 0.6 is 0 Å². The fraction of sp³-hybridized carbons (Fsp3) is 0.571. The number of methoxy groups -OCH3 is 1. The third-order valence-electron chi connectivity index (χ3n) is 2.30. The molecule has 0 radical (unpaired) electrons. The van der Waals surface area contributed by atoms with Crippen LogP contribution in [0.1, 0.15) is 27.2 Å². The van der Waals surface area contributed by atoms with Gasteiger partial charge in [-0.2, -0.15) is 0 Å². The highest BCUT2D eigenvalue weighted by Gasteiger charge is 2.15. The summed E-state index contributed by atoms with van der Waals surface area (Å²) >= 11 is 0. The Morgan fingerprint density at radius 1 is 1.30 bits per heavy atom. The van der Waals surface area contributed by atoms with Crippen LogP contribution in [0, 0.1) is 0 Å². The first-order chi connectivity index (χ1) is 9.40. The molecule has 1 heterocycles. The van der Waals surface area contributed by atoms with Crippen molar-refractivity contribution >= 4 is 11.8 Å². The minimum absolute atomic E-state index is 0.386. The normalized spacial score (nSPS) is 10.8. The Morgan fingerprint density at radius 3 is 2.60 bits per heavy atom. The summed E-state index contributed by atoms with van der Waals surface area (Å²) in [6.07, 6.45) is 2.12. The third-order valence-corrected chi connectivity index (χ3v) is 2.30. The van der Waals surface area contributed by atoms with Crippen LogP contribution in [0.3, 0.4) is 0 Å². The molecule has 6 heteroatoms. The molecule has 112 valence electrons. The van der Waals surface area contributed by atoms with Gasteiger partial charge in [-0.25, -0.2) is 9.78 Å². The van der Waals surface area contributed by atoms with Crippen LogP contribution in [0.2, 0.25) is 0 Å². The Labute approximate surface area is 119 Å². The summed E-state index contributed by atoms with van der Waals surface area (Å²) in [5.74, 6) is 0.585. The number of hydrogen-bond acceptors (Lipinski definition) is 5. The van der Waals surface area contributed by atoms with Gasteiger partial charge in [0.15, 0.2) is 0 Å². The van der Waals surface area contributed by atoms with E-state index in [0.29, 0.717) is 12.4 Å². The number of carbonyl (C=O) groups excluding carboxylic acids is 1. The number of alkyl carbamates (subject to hydrolysis) is 1. The minimum atomic E-state index is -0.461. The average molecular weight is 281 g/mol. The summed E-state index contributed by atoms with van der Waals surface area (Å²) in [5, 5.41) is 5.91. The Morgan fingerprint density at radius 2 is 2.05 bits per heavy atom. The maximum Gasteiger partial charge on any atom is 0.407 e. The quantitative estimate of drug-likeness (QED) is 0.783. The molecule has 2 N–H and O–H groups in total.